The minimum Gasteiger partial charge on any atom is -0.362 e. The van der Waals surface area contributed by atoms with E-state index in [-0.39, 0.29) is 16.0 Å². The Labute approximate surface area is 108 Å². The lowest BCUT2D eigenvalue weighted by Gasteiger charge is -2.36. The first kappa shape index (κ1) is 12.9. The molecule has 0 aromatic heterocycles. The molecule has 1 saturated heterocycles. The van der Waals surface area contributed by atoms with E-state index < -0.39 is 0 Å². The van der Waals surface area contributed by atoms with Crippen LogP contribution in [0.2, 0.25) is 0 Å². The van der Waals surface area contributed by atoms with Crippen LogP contribution in [0.5, 0.6) is 0 Å². The molecule has 98 valence electrons. The lowest BCUT2D eigenvalue weighted by molar-refractivity contribution is -0.384. The van der Waals surface area contributed by atoms with Crippen molar-refractivity contribution in [1.82, 2.24) is 0 Å². The summed E-state index contributed by atoms with van der Waals surface area (Å²) >= 11 is 0. The smallest absolute Gasteiger partial charge is 0.292 e. The molecule has 1 aliphatic heterocycles. The monoisotopic (exact) mass is 248 g/mol. The molecule has 1 atom stereocenters. The van der Waals surface area contributed by atoms with Gasteiger partial charge in [0.25, 0.3) is 5.69 Å². The van der Waals surface area contributed by atoms with E-state index >= 15 is 0 Å². The average molecular weight is 248 g/mol. The number of nitro groups is 1. The first-order chi connectivity index (χ1) is 8.41. The zero-order valence-electron chi connectivity index (χ0n) is 11.2. The molecule has 1 aliphatic rings. The highest BCUT2D eigenvalue weighted by Crippen LogP contribution is 2.39. The zero-order valence-corrected chi connectivity index (χ0v) is 11.2. The Bertz CT molecular complexity index is 451. The molecule has 2 rings (SSSR count). The molecule has 1 aromatic rings. The molecule has 1 aromatic carbocycles. The van der Waals surface area contributed by atoms with Gasteiger partial charge in [-0.2, -0.15) is 0 Å². The molecule has 0 N–H and O–H groups in total. The third-order valence-electron chi connectivity index (χ3n) is 3.64. The third-order valence-corrected chi connectivity index (χ3v) is 3.64. The van der Waals surface area contributed by atoms with Crippen LogP contribution in [-0.2, 0) is 0 Å². The van der Waals surface area contributed by atoms with Crippen LogP contribution >= 0.6 is 0 Å². The van der Waals surface area contributed by atoms with E-state index in [0.29, 0.717) is 6.04 Å². The fraction of sp³-hybridized carbons (Fsp3) is 0.571. The Morgan fingerprint density at radius 1 is 1.33 bits per heavy atom. The summed E-state index contributed by atoms with van der Waals surface area (Å²) in [5, 5.41) is 11.1. The molecule has 4 nitrogen and oxygen atoms in total. The van der Waals surface area contributed by atoms with Gasteiger partial charge in [0.2, 0.25) is 0 Å². The molecule has 1 heterocycles. The van der Waals surface area contributed by atoms with Crippen LogP contribution in [0.4, 0.5) is 11.4 Å². The van der Waals surface area contributed by atoms with Crippen LogP contribution in [0.3, 0.4) is 0 Å². The first-order valence-corrected chi connectivity index (χ1v) is 6.41. The number of anilines is 1. The lowest BCUT2D eigenvalue weighted by Crippen LogP contribution is -2.39. The molecular formula is C14H20N2O2. The summed E-state index contributed by atoms with van der Waals surface area (Å²) in [5.74, 6) is 0. The van der Waals surface area contributed by atoms with Crippen LogP contribution in [0.25, 0.3) is 0 Å². The van der Waals surface area contributed by atoms with Gasteiger partial charge in [-0.05, 0) is 24.3 Å². The van der Waals surface area contributed by atoms with Gasteiger partial charge in [0, 0.05) is 18.7 Å². The number of nitro benzene ring substituents is 1. The van der Waals surface area contributed by atoms with Gasteiger partial charge in [0.05, 0.1) is 4.92 Å². The van der Waals surface area contributed by atoms with Crippen molar-refractivity contribution in [2.45, 2.75) is 39.7 Å². The largest absolute Gasteiger partial charge is 0.362 e. The van der Waals surface area contributed by atoms with Crippen molar-refractivity contribution >= 4 is 11.4 Å². The molecule has 0 aliphatic carbocycles. The topological polar surface area (TPSA) is 46.4 Å². The number of para-hydroxylation sites is 2. The van der Waals surface area contributed by atoms with Crippen molar-refractivity contribution in [3.8, 4) is 0 Å². The third kappa shape index (κ3) is 2.33. The minimum atomic E-state index is -0.284. The van der Waals surface area contributed by atoms with Gasteiger partial charge in [-0.1, -0.05) is 32.9 Å². The van der Waals surface area contributed by atoms with E-state index in [1.807, 2.05) is 12.1 Å². The van der Waals surface area contributed by atoms with Gasteiger partial charge in [0.15, 0.2) is 0 Å². The van der Waals surface area contributed by atoms with Crippen molar-refractivity contribution < 1.29 is 4.92 Å². The maximum absolute atomic E-state index is 11.1. The second-order valence-corrected chi connectivity index (χ2v) is 5.96. The van der Waals surface area contributed by atoms with Crippen molar-refractivity contribution in [3.63, 3.8) is 0 Å². The van der Waals surface area contributed by atoms with E-state index in [0.717, 1.165) is 25.1 Å². The summed E-state index contributed by atoms with van der Waals surface area (Å²) in [7, 11) is 0. The highest BCUT2D eigenvalue weighted by molar-refractivity contribution is 5.64. The molecule has 0 bridgehead atoms. The van der Waals surface area contributed by atoms with E-state index in [1.54, 1.807) is 12.1 Å². The number of nitrogens with zero attached hydrogens (tertiary/aromatic N) is 2. The second-order valence-electron chi connectivity index (χ2n) is 5.96. The lowest BCUT2D eigenvalue weighted by atomic mass is 9.85. The van der Waals surface area contributed by atoms with Crippen molar-refractivity contribution in [1.29, 1.82) is 0 Å². The molecule has 1 unspecified atom stereocenters. The van der Waals surface area contributed by atoms with E-state index in [2.05, 4.69) is 25.7 Å². The zero-order chi connectivity index (χ0) is 13.3. The maximum atomic E-state index is 11.1. The SMILES string of the molecule is CC(C)(C)C1CCCN1c1ccccc1[N+](=O)[O-]. The van der Waals surface area contributed by atoms with Gasteiger partial charge in [-0.25, -0.2) is 0 Å². The molecular weight excluding hydrogens is 228 g/mol. The minimum absolute atomic E-state index is 0.139. The van der Waals surface area contributed by atoms with E-state index in [4.69, 9.17) is 0 Å². The fourth-order valence-electron chi connectivity index (χ4n) is 2.82. The quantitative estimate of drug-likeness (QED) is 0.593. The molecule has 0 amide bonds. The predicted octanol–water partition coefficient (Wildman–Crippen LogP) is 3.61. The Morgan fingerprint density at radius 2 is 2.00 bits per heavy atom. The van der Waals surface area contributed by atoms with Gasteiger partial charge < -0.3 is 4.90 Å². The Hall–Kier alpha value is -1.58. The standard InChI is InChI=1S/C14H20N2O2/c1-14(2,3)13-9-6-10-15(13)11-7-4-5-8-12(11)16(17)18/h4-5,7-8,13H,6,9-10H2,1-3H3. The highest BCUT2D eigenvalue weighted by Gasteiger charge is 2.36. The summed E-state index contributed by atoms with van der Waals surface area (Å²) in [6.07, 6.45) is 2.21. The summed E-state index contributed by atoms with van der Waals surface area (Å²) in [6.45, 7) is 7.51. The number of hydrogen-bond donors (Lipinski definition) is 0. The number of rotatable bonds is 2. The highest BCUT2D eigenvalue weighted by atomic mass is 16.6. The summed E-state index contributed by atoms with van der Waals surface area (Å²) in [5.41, 5.74) is 1.12. The number of hydrogen-bond acceptors (Lipinski definition) is 3. The van der Waals surface area contributed by atoms with Crippen LogP contribution in [0.1, 0.15) is 33.6 Å². The van der Waals surface area contributed by atoms with E-state index in [9.17, 15) is 10.1 Å². The molecule has 18 heavy (non-hydrogen) atoms. The molecule has 4 heteroatoms. The average Bonchev–Trinajstić information content (AvgIpc) is 2.77. The van der Waals surface area contributed by atoms with Crippen molar-refractivity contribution in [2.75, 3.05) is 11.4 Å². The van der Waals surface area contributed by atoms with Crippen LogP contribution in [-0.4, -0.2) is 17.5 Å². The second kappa shape index (κ2) is 4.59. The molecule has 0 radical (unpaired) electrons. The van der Waals surface area contributed by atoms with Gasteiger partial charge >= 0.3 is 0 Å². The Morgan fingerprint density at radius 3 is 2.61 bits per heavy atom. The molecule has 0 saturated carbocycles. The van der Waals surface area contributed by atoms with Gasteiger partial charge in [-0.15, -0.1) is 0 Å². The van der Waals surface area contributed by atoms with Crippen LogP contribution in [0.15, 0.2) is 24.3 Å². The number of benzene rings is 1. The normalized spacial score (nSPS) is 20.2. The molecule has 0 spiro atoms. The van der Waals surface area contributed by atoms with Crippen molar-refractivity contribution in [2.24, 2.45) is 5.41 Å². The van der Waals surface area contributed by atoms with Crippen LogP contribution in [0, 0.1) is 15.5 Å². The summed E-state index contributed by atoms with van der Waals surface area (Å²) in [4.78, 5) is 13.0. The first-order valence-electron chi connectivity index (χ1n) is 6.41. The fourth-order valence-corrected chi connectivity index (χ4v) is 2.82. The van der Waals surface area contributed by atoms with Gasteiger partial charge in [-0.3, -0.25) is 10.1 Å². The van der Waals surface area contributed by atoms with E-state index in [1.165, 1.54) is 0 Å². The van der Waals surface area contributed by atoms with Crippen LogP contribution < -0.4 is 4.90 Å². The maximum Gasteiger partial charge on any atom is 0.292 e. The molecule has 1 fully saturated rings. The predicted molar refractivity (Wildman–Crippen MR) is 72.9 cm³/mol. The van der Waals surface area contributed by atoms with Crippen molar-refractivity contribution in [3.05, 3.63) is 34.4 Å². The van der Waals surface area contributed by atoms with Gasteiger partial charge in [0.1, 0.15) is 5.69 Å². The summed E-state index contributed by atoms with van der Waals surface area (Å²) < 4.78 is 0. The summed E-state index contributed by atoms with van der Waals surface area (Å²) in [6, 6.07) is 7.43. The Balaban J connectivity index is 2.39. The Kier molecular flexibility index (Phi) is 3.28.